The topological polar surface area (TPSA) is 61.9 Å². The lowest BCUT2D eigenvalue weighted by atomic mass is 10.3. The van der Waals surface area contributed by atoms with Gasteiger partial charge in [-0.05, 0) is 24.3 Å². The van der Waals surface area contributed by atoms with Crippen LogP contribution in [0.25, 0.3) is 0 Å². The maximum Gasteiger partial charge on any atom is 0.325 e. The molecule has 2 rings (SSSR count). The summed E-state index contributed by atoms with van der Waals surface area (Å²) >= 11 is 0. The van der Waals surface area contributed by atoms with Gasteiger partial charge in [-0.1, -0.05) is 0 Å². The number of amides is 3. The highest BCUT2D eigenvalue weighted by molar-refractivity contribution is 5.96. The minimum atomic E-state index is -0.347. The van der Waals surface area contributed by atoms with Crippen LogP contribution < -0.4 is 10.2 Å². The molecule has 7 heteroatoms. The van der Waals surface area contributed by atoms with Crippen LogP contribution in [-0.4, -0.2) is 56.7 Å². The third-order valence-electron chi connectivity index (χ3n) is 3.20. The average molecular weight is 295 g/mol. The van der Waals surface area contributed by atoms with Gasteiger partial charge in [0.1, 0.15) is 12.4 Å². The summed E-state index contributed by atoms with van der Waals surface area (Å²) in [6.07, 6.45) is 0. The number of carbonyl (C=O) groups is 2. The van der Waals surface area contributed by atoms with Crippen molar-refractivity contribution in [3.05, 3.63) is 30.1 Å². The second kappa shape index (κ2) is 7.03. The van der Waals surface area contributed by atoms with E-state index in [-0.39, 0.29) is 24.3 Å². The van der Waals surface area contributed by atoms with Crippen molar-refractivity contribution < 1.29 is 18.7 Å². The van der Waals surface area contributed by atoms with Gasteiger partial charge in [-0.25, -0.2) is 9.18 Å². The molecule has 0 saturated carbocycles. The number of nitrogens with zero attached hydrogens (tertiary/aromatic N) is 2. The van der Waals surface area contributed by atoms with Gasteiger partial charge in [0.2, 0.25) is 5.91 Å². The van der Waals surface area contributed by atoms with E-state index in [4.69, 9.17) is 4.74 Å². The highest BCUT2D eigenvalue weighted by Crippen LogP contribution is 2.20. The van der Waals surface area contributed by atoms with E-state index in [2.05, 4.69) is 5.32 Å². The summed E-state index contributed by atoms with van der Waals surface area (Å²) < 4.78 is 17.7. The number of hydrogen-bond acceptors (Lipinski definition) is 3. The minimum Gasteiger partial charge on any atom is -0.383 e. The molecule has 1 fully saturated rings. The van der Waals surface area contributed by atoms with E-state index in [1.165, 1.54) is 21.9 Å². The van der Waals surface area contributed by atoms with E-state index >= 15 is 0 Å². The molecular formula is C14H18FN3O3. The summed E-state index contributed by atoms with van der Waals surface area (Å²) in [5, 5.41) is 2.67. The van der Waals surface area contributed by atoms with Crippen LogP contribution in [0.3, 0.4) is 0 Å². The first kappa shape index (κ1) is 15.2. The predicted octanol–water partition coefficient (Wildman–Crippen LogP) is 0.830. The third-order valence-corrected chi connectivity index (χ3v) is 3.20. The Labute approximate surface area is 122 Å². The van der Waals surface area contributed by atoms with Crippen molar-refractivity contribution in [1.29, 1.82) is 0 Å². The molecule has 0 unspecified atom stereocenters. The van der Waals surface area contributed by atoms with E-state index in [1.807, 2.05) is 0 Å². The Morgan fingerprint density at radius 3 is 2.71 bits per heavy atom. The fourth-order valence-corrected chi connectivity index (χ4v) is 2.11. The van der Waals surface area contributed by atoms with Crippen molar-refractivity contribution in [2.45, 2.75) is 0 Å². The van der Waals surface area contributed by atoms with Gasteiger partial charge >= 0.3 is 6.03 Å². The molecule has 0 aromatic heterocycles. The van der Waals surface area contributed by atoms with Crippen LogP contribution in [0, 0.1) is 5.82 Å². The summed E-state index contributed by atoms with van der Waals surface area (Å²) in [6.45, 7) is 1.81. The van der Waals surface area contributed by atoms with Crippen molar-refractivity contribution in [1.82, 2.24) is 10.2 Å². The van der Waals surface area contributed by atoms with E-state index in [0.717, 1.165) is 0 Å². The molecule has 0 aliphatic carbocycles. The summed E-state index contributed by atoms with van der Waals surface area (Å²) in [5.74, 6) is -0.568. The second-order valence-electron chi connectivity index (χ2n) is 4.67. The molecule has 1 heterocycles. The first-order valence-electron chi connectivity index (χ1n) is 6.69. The van der Waals surface area contributed by atoms with Gasteiger partial charge in [-0.2, -0.15) is 0 Å². The predicted molar refractivity (Wildman–Crippen MR) is 75.6 cm³/mol. The minimum absolute atomic E-state index is 0.0141. The lowest BCUT2D eigenvalue weighted by Crippen LogP contribution is -2.40. The Kier molecular flexibility index (Phi) is 5.10. The van der Waals surface area contributed by atoms with Crippen molar-refractivity contribution in [2.75, 3.05) is 44.8 Å². The molecule has 21 heavy (non-hydrogen) atoms. The largest absolute Gasteiger partial charge is 0.383 e. The zero-order valence-corrected chi connectivity index (χ0v) is 11.8. The van der Waals surface area contributed by atoms with Crippen LogP contribution in [0.1, 0.15) is 0 Å². The Morgan fingerprint density at radius 2 is 2.05 bits per heavy atom. The van der Waals surface area contributed by atoms with Crippen LogP contribution in [0.5, 0.6) is 0 Å². The molecule has 3 amide bonds. The number of methoxy groups -OCH3 is 1. The maximum atomic E-state index is 12.9. The Hall–Kier alpha value is -2.15. The normalized spacial score (nSPS) is 14.7. The molecule has 1 aliphatic rings. The van der Waals surface area contributed by atoms with Gasteiger partial charge in [-0.15, -0.1) is 0 Å². The number of urea groups is 1. The van der Waals surface area contributed by atoms with E-state index in [9.17, 15) is 14.0 Å². The Morgan fingerprint density at radius 1 is 1.33 bits per heavy atom. The van der Waals surface area contributed by atoms with Crippen LogP contribution in [-0.2, 0) is 9.53 Å². The first-order chi connectivity index (χ1) is 10.1. The van der Waals surface area contributed by atoms with Crippen LogP contribution in [0.2, 0.25) is 0 Å². The van der Waals surface area contributed by atoms with Gasteiger partial charge in [0.25, 0.3) is 0 Å². The molecule has 1 aromatic rings. The fourth-order valence-electron chi connectivity index (χ4n) is 2.11. The van der Waals surface area contributed by atoms with E-state index in [1.54, 1.807) is 19.2 Å². The van der Waals surface area contributed by atoms with Crippen molar-refractivity contribution in [2.24, 2.45) is 0 Å². The average Bonchev–Trinajstić information content (AvgIpc) is 2.82. The van der Waals surface area contributed by atoms with Crippen LogP contribution in [0.15, 0.2) is 24.3 Å². The van der Waals surface area contributed by atoms with E-state index in [0.29, 0.717) is 31.9 Å². The van der Waals surface area contributed by atoms with Crippen molar-refractivity contribution >= 4 is 17.6 Å². The summed E-state index contributed by atoms with van der Waals surface area (Å²) in [4.78, 5) is 26.9. The van der Waals surface area contributed by atoms with Gasteiger partial charge in [0, 0.05) is 32.4 Å². The SMILES string of the molecule is COCCNC(=O)CN1CCN(c2ccc(F)cc2)C1=O. The number of nitrogens with one attached hydrogen (secondary N) is 1. The maximum absolute atomic E-state index is 12.9. The first-order valence-corrected chi connectivity index (χ1v) is 6.69. The number of carbonyl (C=O) groups excluding carboxylic acids is 2. The second-order valence-corrected chi connectivity index (χ2v) is 4.67. The Balaban J connectivity index is 1.89. The molecule has 0 spiro atoms. The molecule has 0 radical (unpaired) electrons. The zero-order chi connectivity index (χ0) is 15.2. The van der Waals surface area contributed by atoms with Gasteiger partial charge in [0.15, 0.2) is 0 Å². The number of halogens is 1. The lowest BCUT2D eigenvalue weighted by Gasteiger charge is -2.18. The van der Waals surface area contributed by atoms with Crippen LogP contribution in [0.4, 0.5) is 14.9 Å². The van der Waals surface area contributed by atoms with Gasteiger partial charge in [-0.3, -0.25) is 9.69 Å². The number of anilines is 1. The molecule has 6 nitrogen and oxygen atoms in total. The molecule has 1 aliphatic heterocycles. The van der Waals surface area contributed by atoms with Crippen molar-refractivity contribution in [3.63, 3.8) is 0 Å². The summed E-state index contributed by atoms with van der Waals surface area (Å²) in [5.41, 5.74) is 0.628. The third kappa shape index (κ3) is 3.91. The molecular weight excluding hydrogens is 277 g/mol. The summed E-state index contributed by atoms with van der Waals surface area (Å²) in [6, 6.07) is 5.47. The zero-order valence-electron chi connectivity index (χ0n) is 11.8. The Bertz CT molecular complexity index is 507. The molecule has 0 atom stereocenters. The fraction of sp³-hybridized carbons (Fsp3) is 0.429. The standard InChI is InChI=1S/C14H18FN3O3/c1-21-9-6-16-13(19)10-17-7-8-18(14(17)20)12-4-2-11(15)3-5-12/h2-5H,6-10H2,1H3,(H,16,19). The van der Waals surface area contributed by atoms with Crippen molar-refractivity contribution in [3.8, 4) is 0 Å². The quantitative estimate of drug-likeness (QED) is 0.791. The number of hydrogen-bond donors (Lipinski definition) is 1. The number of rotatable bonds is 6. The highest BCUT2D eigenvalue weighted by Gasteiger charge is 2.30. The molecule has 1 saturated heterocycles. The van der Waals surface area contributed by atoms with E-state index < -0.39 is 0 Å². The number of benzene rings is 1. The monoisotopic (exact) mass is 295 g/mol. The molecule has 1 N–H and O–H groups in total. The molecule has 1 aromatic carbocycles. The molecule has 114 valence electrons. The summed E-state index contributed by atoms with van der Waals surface area (Å²) in [7, 11) is 1.55. The van der Waals surface area contributed by atoms with Gasteiger partial charge in [0.05, 0.1) is 6.61 Å². The smallest absolute Gasteiger partial charge is 0.325 e. The van der Waals surface area contributed by atoms with Gasteiger partial charge < -0.3 is 15.0 Å². The molecule has 0 bridgehead atoms. The van der Waals surface area contributed by atoms with Crippen LogP contribution >= 0.6 is 0 Å². The lowest BCUT2D eigenvalue weighted by molar-refractivity contribution is -0.121. The highest BCUT2D eigenvalue weighted by atomic mass is 19.1. The number of ether oxygens (including phenoxy) is 1.